The van der Waals surface area contributed by atoms with Gasteiger partial charge in [-0.3, -0.25) is 4.79 Å². The Labute approximate surface area is 120 Å². The van der Waals surface area contributed by atoms with Gasteiger partial charge in [0, 0.05) is 6.54 Å². The molecule has 3 N–H and O–H groups in total. The van der Waals surface area contributed by atoms with Crippen LogP contribution in [0.25, 0.3) is 0 Å². The fourth-order valence-electron chi connectivity index (χ4n) is 2.63. The van der Waals surface area contributed by atoms with Crippen LogP contribution < -0.4 is 15.8 Å². The highest BCUT2D eigenvalue weighted by atomic mass is 16.5. The summed E-state index contributed by atoms with van der Waals surface area (Å²) < 4.78 is 5.68. The van der Waals surface area contributed by atoms with Gasteiger partial charge in [0.05, 0.1) is 11.5 Å². The van der Waals surface area contributed by atoms with Gasteiger partial charge >= 0.3 is 0 Å². The number of nitrogens with one attached hydrogen (secondary N) is 1. The first-order valence-electron chi connectivity index (χ1n) is 7.37. The second kappa shape index (κ2) is 6.27. The normalized spacial score (nSPS) is 18.1. The standard InChI is InChI=1S/C16H24N2O2/c1-3-16(4-2,11-17)18-15(19)13-9-12-7-5-6-8-14(12)20-10-13/h5-8,13H,3-4,9-11,17H2,1-2H3,(H,18,19). The number of para-hydroxylation sites is 1. The molecule has 1 aliphatic heterocycles. The monoisotopic (exact) mass is 276 g/mol. The number of rotatable bonds is 5. The van der Waals surface area contributed by atoms with Crippen LogP contribution >= 0.6 is 0 Å². The molecule has 0 aromatic heterocycles. The lowest BCUT2D eigenvalue weighted by atomic mass is 9.90. The molecule has 0 spiro atoms. The van der Waals surface area contributed by atoms with Crippen LogP contribution in [0.5, 0.6) is 5.75 Å². The van der Waals surface area contributed by atoms with E-state index in [1.54, 1.807) is 0 Å². The maximum Gasteiger partial charge on any atom is 0.227 e. The van der Waals surface area contributed by atoms with Crippen molar-refractivity contribution in [3.05, 3.63) is 29.8 Å². The number of benzene rings is 1. The third kappa shape index (κ3) is 2.96. The summed E-state index contributed by atoms with van der Waals surface area (Å²) in [6.07, 6.45) is 2.42. The van der Waals surface area contributed by atoms with Crippen molar-refractivity contribution in [1.29, 1.82) is 0 Å². The number of nitrogens with two attached hydrogens (primary N) is 1. The number of amides is 1. The van der Waals surface area contributed by atoms with E-state index in [0.29, 0.717) is 13.2 Å². The van der Waals surface area contributed by atoms with Gasteiger partial charge in [-0.15, -0.1) is 0 Å². The van der Waals surface area contributed by atoms with Crippen molar-refractivity contribution >= 4 is 5.91 Å². The molecule has 0 saturated heterocycles. The Morgan fingerprint density at radius 2 is 2.10 bits per heavy atom. The molecule has 0 radical (unpaired) electrons. The Bertz CT molecular complexity index is 461. The minimum atomic E-state index is -0.284. The smallest absolute Gasteiger partial charge is 0.227 e. The molecule has 4 heteroatoms. The second-order valence-electron chi connectivity index (χ2n) is 5.50. The van der Waals surface area contributed by atoms with Crippen molar-refractivity contribution in [2.75, 3.05) is 13.2 Å². The maximum atomic E-state index is 12.5. The van der Waals surface area contributed by atoms with E-state index >= 15 is 0 Å². The number of ether oxygens (including phenoxy) is 1. The first-order valence-corrected chi connectivity index (χ1v) is 7.37. The summed E-state index contributed by atoms with van der Waals surface area (Å²) in [4.78, 5) is 12.5. The number of hydrogen-bond donors (Lipinski definition) is 2. The van der Waals surface area contributed by atoms with Gasteiger partial charge in [0.25, 0.3) is 0 Å². The molecule has 0 bridgehead atoms. The summed E-state index contributed by atoms with van der Waals surface area (Å²) >= 11 is 0. The first-order chi connectivity index (χ1) is 9.64. The third-order valence-electron chi connectivity index (χ3n) is 4.38. The molecular formula is C16H24N2O2. The fourth-order valence-corrected chi connectivity index (χ4v) is 2.63. The molecule has 0 fully saturated rings. The molecule has 1 aliphatic rings. The molecule has 1 aromatic carbocycles. The first kappa shape index (κ1) is 14.9. The van der Waals surface area contributed by atoms with E-state index in [1.165, 1.54) is 0 Å². The van der Waals surface area contributed by atoms with Gasteiger partial charge < -0.3 is 15.8 Å². The largest absolute Gasteiger partial charge is 0.492 e. The number of carbonyl (C=O) groups excluding carboxylic acids is 1. The molecule has 4 nitrogen and oxygen atoms in total. The van der Waals surface area contributed by atoms with Gasteiger partial charge in [0.1, 0.15) is 12.4 Å². The lowest BCUT2D eigenvalue weighted by Gasteiger charge is -2.34. The molecule has 20 heavy (non-hydrogen) atoms. The highest BCUT2D eigenvalue weighted by molar-refractivity contribution is 5.80. The number of carbonyl (C=O) groups is 1. The zero-order chi connectivity index (χ0) is 14.6. The third-order valence-corrected chi connectivity index (χ3v) is 4.38. The van der Waals surface area contributed by atoms with Crippen LogP contribution in [0.1, 0.15) is 32.3 Å². The summed E-state index contributed by atoms with van der Waals surface area (Å²) in [5.74, 6) is 0.815. The SMILES string of the molecule is CCC(CC)(CN)NC(=O)C1COc2ccccc2C1. The Hall–Kier alpha value is -1.55. The highest BCUT2D eigenvalue weighted by Crippen LogP contribution is 2.27. The Balaban J connectivity index is 2.05. The van der Waals surface area contributed by atoms with Crippen molar-refractivity contribution in [3.8, 4) is 5.75 Å². The van der Waals surface area contributed by atoms with Gasteiger partial charge in [-0.25, -0.2) is 0 Å². The summed E-state index contributed by atoms with van der Waals surface area (Å²) in [5, 5.41) is 3.14. The van der Waals surface area contributed by atoms with Crippen molar-refractivity contribution in [2.24, 2.45) is 11.7 Å². The van der Waals surface area contributed by atoms with E-state index < -0.39 is 0 Å². The summed E-state index contributed by atoms with van der Waals surface area (Å²) in [6.45, 7) is 5.03. The molecule has 1 heterocycles. The Kier molecular flexibility index (Phi) is 4.65. The second-order valence-corrected chi connectivity index (χ2v) is 5.50. The number of fused-ring (bicyclic) bond motifs is 1. The predicted octanol–water partition coefficient (Wildman–Crippen LogP) is 1.87. The topological polar surface area (TPSA) is 64.3 Å². The molecular weight excluding hydrogens is 252 g/mol. The van der Waals surface area contributed by atoms with Crippen LogP contribution in [0.2, 0.25) is 0 Å². The average Bonchev–Trinajstić information content (AvgIpc) is 2.52. The quantitative estimate of drug-likeness (QED) is 0.863. The van der Waals surface area contributed by atoms with Gasteiger partial charge in [0.2, 0.25) is 5.91 Å². The number of hydrogen-bond acceptors (Lipinski definition) is 3. The van der Waals surface area contributed by atoms with Gasteiger partial charge in [-0.1, -0.05) is 32.0 Å². The molecule has 2 rings (SSSR count). The van der Waals surface area contributed by atoms with E-state index in [1.807, 2.05) is 24.3 Å². The van der Waals surface area contributed by atoms with Crippen LogP contribution in [0.4, 0.5) is 0 Å². The minimum Gasteiger partial charge on any atom is -0.492 e. The Morgan fingerprint density at radius 1 is 1.40 bits per heavy atom. The van der Waals surface area contributed by atoms with E-state index in [4.69, 9.17) is 10.5 Å². The zero-order valence-electron chi connectivity index (χ0n) is 12.3. The van der Waals surface area contributed by atoms with Crippen LogP contribution in [0.15, 0.2) is 24.3 Å². The fraction of sp³-hybridized carbons (Fsp3) is 0.562. The molecule has 0 saturated carbocycles. The van der Waals surface area contributed by atoms with Crippen molar-refractivity contribution in [3.63, 3.8) is 0 Å². The van der Waals surface area contributed by atoms with Gasteiger partial charge in [-0.2, -0.15) is 0 Å². The van der Waals surface area contributed by atoms with Crippen LogP contribution in [-0.2, 0) is 11.2 Å². The van der Waals surface area contributed by atoms with Crippen molar-refractivity contribution in [2.45, 2.75) is 38.6 Å². The van der Waals surface area contributed by atoms with Gasteiger partial charge in [-0.05, 0) is 30.9 Å². The maximum absolute atomic E-state index is 12.5. The van der Waals surface area contributed by atoms with E-state index in [2.05, 4.69) is 19.2 Å². The minimum absolute atomic E-state index is 0.0497. The van der Waals surface area contributed by atoms with Crippen molar-refractivity contribution in [1.82, 2.24) is 5.32 Å². The molecule has 1 atom stereocenters. The summed E-state index contributed by atoms with van der Waals surface area (Å²) in [7, 11) is 0. The zero-order valence-corrected chi connectivity index (χ0v) is 12.3. The Morgan fingerprint density at radius 3 is 2.75 bits per heavy atom. The van der Waals surface area contributed by atoms with E-state index in [-0.39, 0.29) is 17.4 Å². The highest BCUT2D eigenvalue weighted by Gasteiger charge is 2.32. The lowest BCUT2D eigenvalue weighted by molar-refractivity contribution is -0.128. The van der Waals surface area contributed by atoms with E-state index in [0.717, 1.165) is 30.6 Å². The van der Waals surface area contributed by atoms with Crippen LogP contribution in [0.3, 0.4) is 0 Å². The summed E-state index contributed by atoms with van der Waals surface area (Å²) in [5.41, 5.74) is 6.66. The lowest BCUT2D eigenvalue weighted by Crippen LogP contribution is -2.55. The molecule has 1 amide bonds. The molecule has 1 unspecified atom stereocenters. The molecule has 0 aliphatic carbocycles. The molecule has 110 valence electrons. The predicted molar refractivity (Wildman–Crippen MR) is 79.6 cm³/mol. The van der Waals surface area contributed by atoms with Crippen molar-refractivity contribution < 1.29 is 9.53 Å². The van der Waals surface area contributed by atoms with E-state index in [9.17, 15) is 4.79 Å². The van der Waals surface area contributed by atoms with Crippen LogP contribution in [-0.4, -0.2) is 24.6 Å². The summed E-state index contributed by atoms with van der Waals surface area (Å²) in [6, 6.07) is 7.90. The van der Waals surface area contributed by atoms with Crippen LogP contribution in [0, 0.1) is 5.92 Å². The average molecular weight is 276 g/mol. The van der Waals surface area contributed by atoms with Gasteiger partial charge in [0.15, 0.2) is 0 Å². The molecule has 1 aromatic rings.